The van der Waals surface area contributed by atoms with Crippen molar-refractivity contribution in [3.05, 3.63) is 39.3 Å². The van der Waals surface area contributed by atoms with Crippen molar-refractivity contribution in [3.8, 4) is 6.07 Å². The molecule has 0 spiro atoms. The molecule has 0 heterocycles. The van der Waals surface area contributed by atoms with Crippen LogP contribution < -0.4 is 0 Å². The van der Waals surface area contributed by atoms with Crippen LogP contribution in [0.1, 0.15) is 16.7 Å². The molecule has 64 valence electrons. The Bertz CT molecular complexity index is 422. The van der Waals surface area contributed by atoms with Gasteiger partial charge >= 0.3 is 0 Å². The molecule has 0 saturated heterocycles. The van der Waals surface area contributed by atoms with Crippen LogP contribution >= 0.6 is 0 Å². The van der Waals surface area contributed by atoms with Crippen LogP contribution in [0.5, 0.6) is 0 Å². The Kier molecular flexibility index (Phi) is 2.53. The molecular weight excluding hydrogens is 164 g/mol. The van der Waals surface area contributed by atoms with Gasteiger partial charge < -0.3 is 0 Å². The molecule has 0 aliphatic heterocycles. The molecule has 1 aromatic rings. The highest BCUT2D eigenvalue weighted by molar-refractivity contribution is 5.55. The van der Waals surface area contributed by atoms with Crippen molar-refractivity contribution < 1.29 is 0 Å². The Morgan fingerprint density at radius 1 is 1.38 bits per heavy atom. The van der Waals surface area contributed by atoms with E-state index in [4.69, 9.17) is 10.8 Å². The molecule has 0 amide bonds. The SMILES string of the molecule is Cc1c(C#N)ccc(N=[N+]=[N-])c1C. The van der Waals surface area contributed by atoms with Gasteiger partial charge in [0.05, 0.1) is 11.6 Å². The summed E-state index contributed by atoms with van der Waals surface area (Å²) in [5, 5.41) is 12.2. The maximum absolute atomic E-state index is 8.71. The summed E-state index contributed by atoms with van der Waals surface area (Å²) in [7, 11) is 0. The van der Waals surface area contributed by atoms with Gasteiger partial charge in [0.2, 0.25) is 0 Å². The lowest BCUT2D eigenvalue weighted by Gasteiger charge is -2.04. The first kappa shape index (κ1) is 9.11. The fourth-order valence-electron chi connectivity index (χ4n) is 1.08. The van der Waals surface area contributed by atoms with Crippen molar-refractivity contribution in [2.75, 3.05) is 0 Å². The largest absolute Gasteiger partial charge is 0.192 e. The number of benzene rings is 1. The maximum atomic E-state index is 8.71. The smallest absolute Gasteiger partial charge is 0.0994 e. The van der Waals surface area contributed by atoms with E-state index in [-0.39, 0.29) is 0 Å². The van der Waals surface area contributed by atoms with Crippen molar-refractivity contribution in [2.24, 2.45) is 5.11 Å². The highest BCUT2D eigenvalue weighted by atomic mass is 15.1. The van der Waals surface area contributed by atoms with Crippen LogP contribution in [0.4, 0.5) is 5.69 Å². The van der Waals surface area contributed by atoms with Crippen LogP contribution in [0.25, 0.3) is 10.4 Å². The van der Waals surface area contributed by atoms with Crippen LogP contribution in [0, 0.1) is 25.2 Å². The molecule has 1 rings (SSSR count). The second-order valence-electron chi connectivity index (χ2n) is 2.68. The van der Waals surface area contributed by atoms with Crippen molar-refractivity contribution in [1.29, 1.82) is 5.26 Å². The lowest BCUT2D eigenvalue weighted by Crippen LogP contribution is -1.86. The van der Waals surface area contributed by atoms with Crippen LogP contribution in [-0.4, -0.2) is 0 Å². The number of hydrogen-bond acceptors (Lipinski definition) is 2. The quantitative estimate of drug-likeness (QED) is 0.364. The van der Waals surface area contributed by atoms with Gasteiger partial charge in [-0.15, -0.1) is 0 Å². The van der Waals surface area contributed by atoms with E-state index in [0.29, 0.717) is 11.3 Å². The Hall–Kier alpha value is -1.98. The van der Waals surface area contributed by atoms with Gasteiger partial charge in [-0.2, -0.15) is 5.26 Å². The Morgan fingerprint density at radius 2 is 2.08 bits per heavy atom. The van der Waals surface area contributed by atoms with E-state index in [9.17, 15) is 0 Å². The fourth-order valence-corrected chi connectivity index (χ4v) is 1.08. The van der Waals surface area contributed by atoms with E-state index in [1.54, 1.807) is 12.1 Å². The van der Waals surface area contributed by atoms with Gasteiger partial charge in [-0.05, 0) is 36.6 Å². The summed E-state index contributed by atoms with van der Waals surface area (Å²) >= 11 is 0. The van der Waals surface area contributed by atoms with Gasteiger partial charge in [0.1, 0.15) is 0 Å². The first-order chi connectivity index (χ1) is 6.20. The zero-order chi connectivity index (χ0) is 9.84. The van der Waals surface area contributed by atoms with E-state index < -0.39 is 0 Å². The molecule has 13 heavy (non-hydrogen) atoms. The van der Waals surface area contributed by atoms with Gasteiger partial charge in [0.15, 0.2) is 0 Å². The van der Waals surface area contributed by atoms with Gasteiger partial charge in [-0.3, -0.25) is 0 Å². The Balaban J connectivity index is 3.41. The van der Waals surface area contributed by atoms with Gasteiger partial charge in [-0.25, -0.2) is 0 Å². The Labute approximate surface area is 76.1 Å². The molecule has 0 saturated carbocycles. The summed E-state index contributed by atoms with van der Waals surface area (Å²) < 4.78 is 0. The molecule has 0 aliphatic carbocycles. The molecule has 0 N–H and O–H groups in total. The van der Waals surface area contributed by atoms with E-state index in [0.717, 1.165) is 11.1 Å². The van der Waals surface area contributed by atoms with E-state index in [2.05, 4.69) is 16.1 Å². The standard InChI is InChI=1S/C9H8N4/c1-6-7(2)9(12-13-11)4-3-8(6)5-10/h3-4H,1-2H3. The van der Waals surface area contributed by atoms with Crippen molar-refractivity contribution in [3.63, 3.8) is 0 Å². The predicted molar refractivity (Wildman–Crippen MR) is 49.4 cm³/mol. The molecule has 4 nitrogen and oxygen atoms in total. The molecule has 0 fully saturated rings. The summed E-state index contributed by atoms with van der Waals surface area (Å²) in [6.45, 7) is 3.67. The first-order valence-corrected chi connectivity index (χ1v) is 3.76. The van der Waals surface area contributed by atoms with E-state index in [1.165, 1.54) is 0 Å². The number of nitrogens with zero attached hydrogens (tertiary/aromatic N) is 4. The topological polar surface area (TPSA) is 72.5 Å². The van der Waals surface area contributed by atoms with Gasteiger partial charge in [-0.1, -0.05) is 11.2 Å². The molecule has 1 aromatic carbocycles. The number of hydrogen-bond donors (Lipinski definition) is 0. The summed E-state index contributed by atoms with van der Waals surface area (Å²) in [5.41, 5.74) is 11.2. The maximum Gasteiger partial charge on any atom is 0.0994 e. The molecule has 0 radical (unpaired) electrons. The lowest BCUT2D eigenvalue weighted by molar-refractivity contribution is 1.27. The van der Waals surface area contributed by atoms with Crippen molar-refractivity contribution in [1.82, 2.24) is 0 Å². The summed E-state index contributed by atoms with van der Waals surface area (Å²) in [5.74, 6) is 0. The molecule has 0 bridgehead atoms. The first-order valence-electron chi connectivity index (χ1n) is 3.76. The zero-order valence-corrected chi connectivity index (χ0v) is 7.44. The Morgan fingerprint density at radius 3 is 2.62 bits per heavy atom. The minimum absolute atomic E-state index is 0.582. The average molecular weight is 172 g/mol. The monoisotopic (exact) mass is 172 g/mol. The zero-order valence-electron chi connectivity index (χ0n) is 7.44. The minimum atomic E-state index is 0.582. The molecule has 4 heteroatoms. The van der Waals surface area contributed by atoms with E-state index in [1.807, 2.05) is 13.8 Å². The average Bonchev–Trinajstić information content (AvgIpc) is 2.14. The van der Waals surface area contributed by atoms with Crippen LogP contribution in [-0.2, 0) is 0 Å². The van der Waals surface area contributed by atoms with Gasteiger partial charge in [0.25, 0.3) is 0 Å². The van der Waals surface area contributed by atoms with Crippen LogP contribution in [0.2, 0.25) is 0 Å². The highest BCUT2D eigenvalue weighted by Crippen LogP contribution is 2.24. The summed E-state index contributed by atoms with van der Waals surface area (Å²) in [6, 6.07) is 5.38. The van der Waals surface area contributed by atoms with E-state index >= 15 is 0 Å². The third-order valence-corrected chi connectivity index (χ3v) is 2.03. The summed E-state index contributed by atoms with van der Waals surface area (Å²) in [6.07, 6.45) is 0. The fraction of sp³-hybridized carbons (Fsp3) is 0.222. The van der Waals surface area contributed by atoms with Crippen molar-refractivity contribution in [2.45, 2.75) is 13.8 Å². The number of rotatable bonds is 1. The third-order valence-electron chi connectivity index (χ3n) is 2.03. The molecule has 0 aromatic heterocycles. The second kappa shape index (κ2) is 3.61. The van der Waals surface area contributed by atoms with Crippen LogP contribution in [0.15, 0.2) is 17.2 Å². The van der Waals surface area contributed by atoms with Crippen LogP contribution in [0.3, 0.4) is 0 Å². The lowest BCUT2D eigenvalue weighted by atomic mass is 10.0. The molecule has 0 unspecified atom stereocenters. The normalized spacial score (nSPS) is 8.69. The third kappa shape index (κ3) is 1.61. The number of nitriles is 1. The summed E-state index contributed by atoms with van der Waals surface area (Å²) in [4.78, 5) is 2.71. The van der Waals surface area contributed by atoms with Crippen molar-refractivity contribution >= 4 is 5.69 Å². The predicted octanol–water partition coefficient (Wildman–Crippen LogP) is 3.12. The molecular formula is C9H8N4. The highest BCUT2D eigenvalue weighted by Gasteiger charge is 2.03. The molecule has 0 aliphatic rings. The second-order valence-corrected chi connectivity index (χ2v) is 2.68. The molecule has 0 atom stereocenters. The van der Waals surface area contributed by atoms with Gasteiger partial charge in [0, 0.05) is 10.6 Å². The minimum Gasteiger partial charge on any atom is -0.192 e. The number of azide groups is 1.